The zero-order valence-electron chi connectivity index (χ0n) is 14.3. The SMILES string of the molecule is CCCCCCCC(Cc1ncccn1)c1ccc(C(=O)O)cc1. The summed E-state index contributed by atoms with van der Waals surface area (Å²) in [5, 5.41) is 9.05. The minimum atomic E-state index is -0.885. The number of carboxylic acids is 1. The van der Waals surface area contributed by atoms with Gasteiger partial charge in [-0.05, 0) is 36.1 Å². The van der Waals surface area contributed by atoms with E-state index in [0.29, 0.717) is 11.5 Å². The molecule has 2 rings (SSSR count). The van der Waals surface area contributed by atoms with E-state index < -0.39 is 5.97 Å². The Morgan fingerprint density at radius 3 is 2.33 bits per heavy atom. The molecule has 0 bridgehead atoms. The van der Waals surface area contributed by atoms with Crippen LogP contribution in [0.15, 0.2) is 42.7 Å². The normalized spacial score (nSPS) is 12.0. The Bertz CT molecular complexity index is 611. The quantitative estimate of drug-likeness (QED) is 0.633. The maximum atomic E-state index is 11.0. The van der Waals surface area contributed by atoms with Crippen molar-refractivity contribution in [3.05, 3.63) is 59.7 Å². The van der Waals surface area contributed by atoms with Gasteiger partial charge in [0.2, 0.25) is 0 Å². The Morgan fingerprint density at radius 2 is 1.71 bits per heavy atom. The van der Waals surface area contributed by atoms with E-state index >= 15 is 0 Å². The van der Waals surface area contributed by atoms with Gasteiger partial charge >= 0.3 is 5.97 Å². The van der Waals surface area contributed by atoms with Gasteiger partial charge in [-0.3, -0.25) is 0 Å². The van der Waals surface area contributed by atoms with Gasteiger partial charge in [-0.25, -0.2) is 14.8 Å². The molecule has 24 heavy (non-hydrogen) atoms. The largest absolute Gasteiger partial charge is 0.478 e. The van der Waals surface area contributed by atoms with Gasteiger partial charge in [0, 0.05) is 18.8 Å². The van der Waals surface area contributed by atoms with Crippen LogP contribution >= 0.6 is 0 Å². The van der Waals surface area contributed by atoms with E-state index in [1.54, 1.807) is 24.5 Å². The van der Waals surface area contributed by atoms with Gasteiger partial charge < -0.3 is 5.11 Å². The summed E-state index contributed by atoms with van der Waals surface area (Å²) < 4.78 is 0. The number of aromatic carboxylic acids is 1. The minimum absolute atomic E-state index is 0.330. The summed E-state index contributed by atoms with van der Waals surface area (Å²) in [6, 6.07) is 9.07. The summed E-state index contributed by atoms with van der Waals surface area (Å²) in [4.78, 5) is 19.7. The second-order valence-electron chi connectivity index (χ2n) is 6.20. The van der Waals surface area contributed by atoms with Crippen LogP contribution in [-0.2, 0) is 6.42 Å². The van der Waals surface area contributed by atoms with Crippen molar-refractivity contribution in [3.63, 3.8) is 0 Å². The van der Waals surface area contributed by atoms with E-state index in [2.05, 4.69) is 16.9 Å². The maximum absolute atomic E-state index is 11.0. The van der Waals surface area contributed by atoms with Gasteiger partial charge in [0.1, 0.15) is 5.82 Å². The average molecular weight is 326 g/mol. The third-order valence-electron chi connectivity index (χ3n) is 4.33. The molecule has 0 amide bonds. The Kier molecular flexibility index (Phi) is 7.40. The first-order valence-electron chi connectivity index (χ1n) is 8.80. The van der Waals surface area contributed by atoms with Crippen molar-refractivity contribution < 1.29 is 9.90 Å². The van der Waals surface area contributed by atoms with Gasteiger partial charge in [0.25, 0.3) is 0 Å². The van der Waals surface area contributed by atoms with Crippen molar-refractivity contribution in [2.75, 3.05) is 0 Å². The third-order valence-corrected chi connectivity index (χ3v) is 4.33. The molecule has 0 fully saturated rings. The minimum Gasteiger partial charge on any atom is -0.478 e. The lowest BCUT2D eigenvalue weighted by atomic mass is 9.89. The number of hydrogen-bond acceptors (Lipinski definition) is 3. The fourth-order valence-corrected chi connectivity index (χ4v) is 2.93. The molecule has 0 spiro atoms. The summed E-state index contributed by atoms with van der Waals surface area (Å²) in [5.74, 6) is 0.291. The third kappa shape index (κ3) is 5.76. The molecule has 1 N–H and O–H groups in total. The lowest BCUT2D eigenvalue weighted by Crippen LogP contribution is -2.07. The van der Waals surface area contributed by atoms with Crippen molar-refractivity contribution in [3.8, 4) is 0 Å². The first kappa shape index (κ1) is 18.1. The smallest absolute Gasteiger partial charge is 0.335 e. The summed E-state index contributed by atoms with van der Waals surface area (Å²) in [6.07, 6.45) is 11.7. The highest BCUT2D eigenvalue weighted by atomic mass is 16.4. The number of carboxylic acid groups (broad SMARTS) is 1. The summed E-state index contributed by atoms with van der Waals surface area (Å²) in [6.45, 7) is 2.22. The number of unbranched alkanes of at least 4 members (excludes halogenated alkanes) is 4. The van der Waals surface area contributed by atoms with Crippen molar-refractivity contribution in [1.82, 2.24) is 9.97 Å². The lowest BCUT2D eigenvalue weighted by molar-refractivity contribution is 0.0697. The molecule has 1 aromatic heterocycles. The van der Waals surface area contributed by atoms with Crippen LogP contribution in [0.25, 0.3) is 0 Å². The Morgan fingerprint density at radius 1 is 1.04 bits per heavy atom. The zero-order valence-corrected chi connectivity index (χ0v) is 14.3. The molecule has 1 unspecified atom stereocenters. The molecule has 0 aliphatic carbocycles. The Hall–Kier alpha value is -2.23. The average Bonchev–Trinajstić information content (AvgIpc) is 2.61. The van der Waals surface area contributed by atoms with Crippen molar-refractivity contribution >= 4 is 5.97 Å². The summed E-state index contributed by atoms with van der Waals surface area (Å²) in [7, 11) is 0. The molecular formula is C20H26N2O2. The molecule has 1 atom stereocenters. The van der Waals surface area contributed by atoms with Crippen LogP contribution in [0.3, 0.4) is 0 Å². The predicted molar refractivity (Wildman–Crippen MR) is 95.3 cm³/mol. The first-order chi connectivity index (χ1) is 11.7. The van der Waals surface area contributed by atoms with E-state index in [9.17, 15) is 4.79 Å². The molecule has 128 valence electrons. The second-order valence-corrected chi connectivity index (χ2v) is 6.20. The van der Waals surface area contributed by atoms with Crippen LogP contribution < -0.4 is 0 Å². The highest BCUT2D eigenvalue weighted by Gasteiger charge is 2.14. The maximum Gasteiger partial charge on any atom is 0.335 e. The molecule has 1 aromatic carbocycles. The molecule has 0 saturated heterocycles. The molecule has 0 radical (unpaired) electrons. The van der Waals surface area contributed by atoms with Crippen LogP contribution in [0, 0.1) is 0 Å². The fourth-order valence-electron chi connectivity index (χ4n) is 2.93. The van der Waals surface area contributed by atoms with E-state index in [-0.39, 0.29) is 0 Å². The molecule has 4 heteroatoms. The van der Waals surface area contributed by atoms with Gasteiger partial charge in [0.15, 0.2) is 0 Å². The van der Waals surface area contributed by atoms with E-state index in [1.165, 1.54) is 37.7 Å². The van der Waals surface area contributed by atoms with Crippen molar-refractivity contribution in [1.29, 1.82) is 0 Å². The van der Waals surface area contributed by atoms with Crippen molar-refractivity contribution in [2.24, 2.45) is 0 Å². The van der Waals surface area contributed by atoms with Crippen LogP contribution in [0.2, 0.25) is 0 Å². The topological polar surface area (TPSA) is 63.1 Å². The second kappa shape index (κ2) is 9.81. The molecule has 1 heterocycles. The van der Waals surface area contributed by atoms with Crippen LogP contribution in [-0.4, -0.2) is 21.0 Å². The van der Waals surface area contributed by atoms with Crippen LogP contribution in [0.1, 0.15) is 73.1 Å². The standard InChI is InChI=1S/C20H26N2O2/c1-2-3-4-5-6-8-18(15-19-21-13-7-14-22-19)16-9-11-17(12-10-16)20(23)24/h7,9-14,18H,2-6,8,15H2,1H3,(H,23,24). The fraction of sp³-hybridized carbons (Fsp3) is 0.450. The van der Waals surface area contributed by atoms with Gasteiger partial charge in [-0.2, -0.15) is 0 Å². The van der Waals surface area contributed by atoms with Gasteiger partial charge in [0.05, 0.1) is 5.56 Å². The van der Waals surface area contributed by atoms with E-state index in [4.69, 9.17) is 5.11 Å². The van der Waals surface area contributed by atoms with E-state index in [1.807, 2.05) is 18.2 Å². The Labute approximate surface area is 144 Å². The number of rotatable bonds is 10. The zero-order chi connectivity index (χ0) is 17.2. The number of hydrogen-bond donors (Lipinski definition) is 1. The van der Waals surface area contributed by atoms with Gasteiger partial charge in [-0.1, -0.05) is 51.2 Å². The molecule has 4 nitrogen and oxygen atoms in total. The molecule has 0 aliphatic heterocycles. The Balaban J connectivity index is 2.04. The number of benzene rings is 1. The molecule has 2 aromatic rings. The van der Waals surface area contributed by atoms with E-state index in [0.717, 1.165) is 18.7 Å². The number of nitrogens with zero attached hydrogens (tertiary/aromatic N) is 2. The number of aromatic nitrogens is 2. The first-order valence-corrected chi connectivity index (χ1v) is 8.80. The van der Waals surface area contributed by atoms with Gasteiger partial charge in [-0.15, -0.1) is 0 Å². The van der Waals surface area contributed by atoms with Crippen LogP contribution in [0.5, 0.6) is 0 Å². The molecule has 0 aliphatic rings. The number of carbonyl (C=O) groups is 1. The summed E-state index contributed by atoms with van der Waals surface area (Å²) in [5.41, 5.74) is 1.50. The monoisotopic (exact) mass is 326 g/mol. The van der Waals surface area contributed by atoms with Crippen LogP contribution in [0.4, 0.5) is 0 Å². The molecular weight excluding hydrogens is 300 g/mol. The summed E-state index contributed by atoms with van der Waals surface area (Å²) >= 11 is 0. The predicted octanol–water partition coefficient (Wildman–Crippen LogP) is 4.86. The highest BCUT2D eigenvalue weighted by molar-refractivity contribution is 5.87. The lowest BCUT2D eigenvalue weighted by Gasteiger charge is -2.17. The van der Waals surface area contributed by atoms with Crippen molar-refractivity contribution in [2.45, 2.75) is 57.8 Å². The molecule has 0 saturated carbocycles. The highest BCUT2D eigenvalue weighted by Crippen LogP contribution is 2.26.